The Labute approximate surface area is 103 Å². The first-order chi connectivity index (χ1) is 8.11. The first-order valence-corrected chi connectivity index (χ1v) is 5.86. The van der Waals surface area contributed by atoms with Crippen molar-refractivity contribution in [1.29, 1.82) is 0 Å². The Morgan fingerprint density at radius 1 is 1.29 bits per heavy atom. The van der Waals surface area contributed by atoms with Crippen LogP contribution in [0.25, 0.3) is 0 Å². The number of benzene rings is 1. The number of likely N-dealkylation sites (N-methyl/N-ethyl adjacent to an activating group) is 1. The lowest BCUT2D eigenvalue weighted by molar-refractivity contribution is 0.0999. The zero-order chi connectivity index (χ0) is 12.7. The van der Waals surface area contributed by atoms with Crippen LogP contribution < -0.4 is 11.1 Å². The maximum atomic E-state index is 10.6. The van der Waals surface area contributed by atoms with Crippen LogP contribution in [0.2, 0.25) is 0 Å². The smallest absolute Gasteiger partial charge is 0.248 e. The molecule has 1 aromatic carbocycles. The number of nitrogens with two attached hydrogens (primary N) is 1. The molecule has 0 aliphatic carbocycles. The van der Waals surface area contributed by atoms with Gasteiger partial charge in [-0.3, -0.25) is 4.79 Å². The monoisotopic (exact) mass is 235 g/mol. The van der Waals surface area contributed by atoms with E-state index in [1.165, 1.54) is 13.1 Å². The fourth-order valence-electron chi connectivity index (χ4n) is 1.63. The molecule has 2 rings (SSSR count). The molecule has 17 heavy (non-hydrogen) atoms. The average Bonchev–Trinajstić information content (AvgIpc) is 2.31. The molecule has 0 radical (unpaired) electrons. The van der Waals surface area contributed by atoms with E-state index in [-0.39, 0.29) is 5.91 Å². The normalized spacial score (nSPS) is 15.9. The molecule has 4 nitrogen and oxygen atoms in total. The number of hydrogen-bond donors (Lipinski definition) is 2. The Bertz CT molecular complexity index is 359. The van der Waals surface area contributed by atoms with E-state index < -0.39 is 0 Å². The highest BCUT2D eigenvalue weighted by molar-refractivity contribution is 5.94. The number of hydrogen-bond acceptors (Lipinski definition) is 3. The maximum Gasteiger partial charge on any atom is 0.248 e. The second kappa shape index (κ2) is 7.04. The topological polar surface area (TPSA) is 58.4 Å². The average molecular weight is 235 g/mol. The van der Waals surface area contributed by atoms with Crippen LogP contribution in [0, 0.1) is 6.92 Å². The van der Waals surface area contributed by atoms with Gasteiger partial charge in [-0.25, -0.2) is 0 Å². The van der Waals surface area contributed by atoms with Gasteiger partial charge in [0, 0.05) is 31.7 Å². The van der Waals surface area contributed by atoms with Gasteiger partial charge in [-0.1, -0.05) is 18.2 Å². The third kappa shape index (κ3) is 4.97. The molecule has 0 bridgehead atoms. The minimum absolute atomic E-state index is 0.363. The van der Waals surface area contributed by atoms with Gasteiger partial charge in [-0.2, -0.15) is 0 Å². The number of carbonyl (C=O) groups excluding carboxylic acids is 1. The summed E-state index contributed by atoms with van der Waals surface area (Å²) in [6.45, 7) is 6.60. The highest BCUT2D eigenvalue weighted by atomic mass is 16.1. The summed E-state index contributed by atoms with van der Waals surface area (Å²) >= 11 is 0. The van der Waals surface area contributed by atoms with Gasteiger partial charge in [0.2, 0.25) is 5.91 Å². The van der Waals surface area contributed by atoms with Crippen LogP contribution in [-0.2, 0) is 0 Å². The number of aryl methyl sites for hydroxylation is 1. The molecule has 0 saturated carbocycles. The van der Waals surface area contributed by atoms with Gasteiger partial charge in [0.15, 0.2) is 0 Å². The van der Waals surface area contributed by atoms with E-state index >= 15 is 0 Å². The minimum Gasteiger partial charge on any atom is -0.366 e. The van der Waals surface area contributed by atoms with Crippen LogP contribution in [-0.4, -0.2) is 44.0 Å². The Balaban J connectivity index is 0.000000181. The van der Waals surface area contributed by atoms with Crippen LogP contribution in [0.4, 0.5) is 0 Å². The molecule has 1 heterocycles. The Hall–Kier alpha value is -1.39. The van der Waals surface area contributed by atoms with Crippen molar-refractivity contribution in [3.63, 3.8) is 0 Å². The predicted octanol–water partition coefficient (Wildman–Crippen LogP) is 0.615. The number of nitrogens with zero attached hydrogens (tertiary/aromatic N) is 1. The maximum absolute atomic E-state index is 10.6. The molecule has 0 atom stereocenters. The van der Waals surface area contributed by atoms with Crippen LogP contribution >= 0.6 is 0 Å². The highest BCUT2D eigenvalue weighted by Crippen LogP contribution is 2.04. The van der Waals surface area contributed by atoms with E-state index in [0.29, 0.717) is 5.56 Å². The van der Waals surface area contributed by atoms with Crippen molar-refractivity contribution in [3.8, 4) is 0 Å². The van der Waals surface area contributed by atoms with Crippen molar-refractivity contribution in [1.82, 2.24) is 10.2 Å². The van der Waals surface area contributed by atoms with E-state index in [1.54, 1.807) is 12.1 Å². The molecule has 0 unspecified atom stereocenters. The second-order valence-electron chi connectivity index (χ2n) is 4.23. The summed E-state index contributed by atoms with van der Waals surface area (Å²) in [6.07, 6.45) is 0. The molecule has 0 spiro atoms. The molecule has 4 heteroatoms. The third-order valence-corrected chi connectivity index (χ3v) is 2.75. The number of amides is 1. The number of rotatable bonds is 1. The lowest BCUT2D eigenvalue weighted by atomic mass is 10.1. The van der Waals surface area contributed by atoms with Crippen molar-refractivity contribution in [2.75, 3.05) is 33.2 Å². The molecule has 1 saturated heterocycles. The van der Waals surface area contributed by atoms with Gasteiger partial charge >= 0.3 is 0 Å². The molecule has 94 valence electrons. The van der Waals surface area contributed by atoms with Crippen LogP contribution in [0.3, 0.4) is 0 Å². The van der Waals surface area contributed by atoms with Crippen molar-refractivity contribution in [2.24, 2.45) is 5.73 Å². The molecular weight excluding hydrogens is 214 g/mol. The lowest BCUT2D eigenvalue weighted by Crippen LogP contribution is -2.40. The van der Waals surface area contributed by atoms with Crippen LogP contribution in [0.1, 0.15) is 15.9 Å². The predicted molar refractivity (Wildman–Crippen MR) is 70.1 cm³/mol. The first kappa shape index (κ1) is 13.7. The second-order valence-corrected chi connectivity index (χ2v) is 4.23. The SMILES string of the molecule is CN1CCNCC1.Cc1ccccc1C(N)=O. The Kier molecular flexibility index (Phi) is 5.66. The summed E-state index contributed by atoms with van der Waals surface area (Å²) in [7, 11) is 2.15. The number of nitrogens with one attached hydrogen (secondary N) is 1. The molecule has 1 amide bonds. The van der Waals surface area contributed by atoms with E-state index in [2.05, 4.69) is 17.3 Å². The van der Waals surface area contributed by atoms with Gasteiger partial charge in [-0.15, -0.1) is 0 Å². The molecule has 0 aromatic heterocycles. The zero-order valence-corrected chi connectivity index (χ0v) is 10.6. The van der Waals surface area contributed by atoms with Gasteiger partial charge in [0.25, 0.3) is 0 Å². The molecule has 1 aromatic rings. The Morgan fingerprint density at radius 2 is 1.88 bits per heavy atom. The zero-order valence-electron chi connectivity index (χ0n) is 10.6. The summed E-state index contributed by atoms with van der Waals surface area (Å²) < 4.78 is 0. The molecule has 1 fully saturated rings. The van der Waals surface area contributed by atoms with E-state index in [0.717, 1.165) is 18.7 Å². The van der Waals surface area contributed by atoms with Gasteiger partial charge in [0.05, 0.1) is 0 Å². The van der Waals surface area contributed by atoms with Gasteiger partial charge < -0.3 is 16.0 Å². The molecule has 1 aliphatic heterocycles. The summed E-state index contributed by atoms with van der Waals surface area (Å²) in [5.74, 6) is -0.363. The summed E-state index contributed by atoms with van der Waals surface area (Å²) in [6, 6.07) is 7.26. The third-order valence-electron chi connectivity index (χ3n) is 2.75. The lowest BCUT2D eigenvalue weighted by Gasteiger charge is -2.21. The number of piperazine rings is 1. The quantitative estimate of drug-likeness (QED) is 0.750. The van der Waals surface area contributed by atoms with Crippen molar-refractivity contribution in [2.45, 2.75) is 6.92 Å². The number of primary amides is 1. The largest absolute Gasteiger partial charge is 0.366 e. The molecule has 1 aliphatic rings. The van der Waals surface area contributed by atoms with Gasteiger partial charge in [-0.05, 0) is 25.6 Å². The first-order valence-electron chi connectivity index (χ1n) is 5.86. The summed E-state index contributed by atoms with van der Waals surface area (Å²) in [4.78, 5) is 13.0. The highest BCUT2D eigenvalue weighted by Gasteiger charge is 2.01. The van der Waals surface area contributed by atoms with Crippen LogP contribution in [0.5, 0.6) is 0 Å². The Morgan fingerprint density at radius 3 is 2.24 bits per heavy atom. The van der Waals surface area contributed by atoms with Crippen LogP contribution in [0.15, 0.2) is 24.3 Å². The van der Waals surface area contributed by atoms with Crippen molar-refractivity contribution < 1.29 is 4.79 Å². The van der Waals surface area contributed by atoms with E-state index in [4.69, 9.17) is 5.73 Å². The van der Waals surface area contributed by atoms with Crippen molar-refractivity contribution >= 4 is 5.91 Å². The van der Waals surface area contributed by atoms with E-state index in [9.17, 15) is 4.79 Å². The standard InChI is InChI=1S/C8H9NO.C5H12N2/c1-6-4-2-3-5-7(6)8(9)10;1-7-4-2-6-3-5-7/h2-5H,1H3,(H2,9,10);6H,2-5H2,1H3. The summed E-state index contributed by atoms with van der Waals surface area (Å²) in [5, 5.41) is 3.27. The molecular formula is C13H21N3O. The fraction of sp³-hybridized carbons (Fsp3) is 0.462. The minimum atomic E-state index is -0.363. The fourth-order valence-corrected chi connectivity index (χ4v) is 1.63. The van der Waals surface area contributed by atoms with E-state index in [1.807, 2.05) is 19.1 Å². The summed E-state index contributed by atoms with van der Waals surface area (Å²) in [5.41, 5.74) is 6.60. The van der Waals surface area contributed by atoms with Gasteiger partial charge in [0.1, 0.15) is 0 Å². The number of carbonyl (C=O) groups is 1. The van der Waals surface area contributed by atoms with Crippen molar-refractivity contribution in [3.05, 3.63) is 35.4 Å². The molecule has 3 N–H and O–H groups in total.